The maximum absolute atomic E-state index is 13.2. The predicted octanol–water partition coefficient (Wildman–Crippen LogP) is 3.32. The number of thioether (sulfide) groups is 2. The van der Waals surface area contributed by atoms with Gasteiger partial charge in [0.1, 0.15) is 11.0 Å². The maximum Gasteiger partial charge on any atom is 0.319 e. The predicted molar refractivity (Wildman–Crippen MR) is 107 cm³/mol. The van der Waals surface area contributed by atoms with Crippen LogP contribution in [0.1, 0.15) is 26.0 Å². The topological polar surface area (TPSA) is 70.4 Å². The van der Waals surface area contributed by atoms with Crippen molar-refractivity contribution in [3.63, 3.8) is 0 Å². The van der Waals surface area contributed by atoms with Crippen molar-refractivity contribution < 1.29 is 14.3 Å². The molecule has 2 aromatic rings. The molecule has 0 spiro atoms. The molecule has 2 atom stereocenters. The molecule has 0 amide bonds. The molecule has 27 heavy (non-hydrogen) atoms. The molecule has 0 fully saturated rings. The highest BCUT2D eigenvalue weighted by molar-refractivity contribution is 8.00. The van der Waals surface area contributed by atoms with Gasteiger partial charge in [0, 0.05) is 11.7 Å². The Kier molecular flexibility index (Phi) is 6.16. The van der Waals surface area contributed by atoms with Crippen molar-refractivity contribution in [3.05, 3.63) is 40.3 Å². The lowest BCUT2D eigenvalue weighted by atomic mass is 10.2. The third kappa shape index (κ3) is 4.01. The summed E-state index contributed by atoms with van der Waals surface area (Å²) >= 11 is 2.83. The van der Waals surface area contributed by atoms with Gasteiger partial charge in [-0.1, -0.05) is 25.6 Å². The first-order valence-electron chi connectivity index (χ1n) is 8.70. The number of nitrogens with zero attached hydrogens (tertiary/aromatic N) is 2. The van der Waals surface area contributed by atoms with Crippen molar-refractivity contribution in [2.24, 2.45) is 0 Å². The number of ether oxygens (including phenoxy) is 2. The molecular formula is C19H22N2O4S2. The zero-order valence-electron chi connectivity index (χ0n) is 15.7. The monoisotopic (exact) mass is 406 g/mol. The van der Waals surface area contributed by atoms with E-state index in [0.29, 0.717) is 33.2 Å². The van der Waals surface area contributed by atoms with Crippen LogP contribution >= 0.6 is 23.5 Å². The van der Waals surface area contributed by atoms with Gasteiger partial charge in [-0.3, -0.25) is 14.2 Å². The van der Waals surface area contributed by atoms with E-state index >= 15 is 0 Å². The van der Waals surface area contributed by atoms with Crippen LogP contribution in [0.2, 0.25) is 0 Å². The van der Waals surface area contributed by atoms with E-state index in [0.717, 1.165) is 12.1 Å². The number of methoxy groups -OCH3 is 2. The summed E-state index contributed by atoms with van der Waals surface area (Å²) in [5.41, 5.74) is 1.41. The second-order valence-electron chi connectivity index (χ2n) is 6.18. The number of hydrogen-bond acceptors (Lipinski definition) is 7. The number of hydrogen-bond donors (Lipinski definition) is 0. The molecule has 2 unspecified atom stereocenters. The van der Waals surface area contributed by atoms with E-state index in [2.05, 4.69) is 6.92 Å². The van der Waals surface area contributed by atoms with E-state index in [-0.39, 0.29) is 11.5 Å². The van der Waals surface area contributed by atoms with E-state index in [9.17, 15) is 9.59 Å². The quantitative estimate of drug-likeness (QED) is 0.414. The van der Waals surface area contributed by atoms with Crippen molar-refractivity contribution in [1.82, 2.24) is 9.55 Å². The molecule has 144 valence electrons. The first-order valence-corrected chi connectivity index (χ1v) is 10.5. The number of esters is 1. The number of fused-ring (bicyclic) bond motifs is 1. The Bertz CT molecular complexity index is 896. The number of carbonyl (C=O) groups excluding carboxylic acids is 1. The van der Waals surface area contributed by atoms with Gasteiger partial charge in [-0.25, -0.2) is 4.98 Å². The number of aromatic nitrogens is 2. The summed E-state index contributed by atoms with van der Waals surface area (Å²) in [6.07, 6.45) is 1.33. The second-order valence-corrected chi connectivity index (χ2v) is 8.80. The molecule has 1 aliphatic rings. The van der Waals surface area contributed by atoms with Gasteiger partial charge >= 0.3 is 5.97 Å². The Morgan fingerprint density at radius 2 is 2.07 bits per heavy atom. The van der Waals surface area contributed by atoms with Gasteiger partial charge in [0.05, 0.1) is 30.5 Å². The Balaban J connectivity index is 2.12. The first kappa shape index (κ1) is 19.8. The van der Waals surface area contributed by atoms with E-state index in [4.69, 9.17) is 14.5 Å². The Morgan fingerprint density at radius 1 is 1.37 bits per heavy atom. The molecule has 0 N–H and O–H groups in total. The summed E-state index contributed by atoms with van der Waals surface area (Å²) in [5.74, 6) is 0.389. The largest absolute Gasteiger partial charge is 0.497 e. The average molecular weight is 407 g/mol. The van der Waals surface area contributed by atoms with Crippen molar-refractivity contribution in [1.29, 1.82) is 0 Å². The molecule has 1 aliphatic heterocycles. The van der Waals surface area contributed by atoms with Gasteiger partial charge in [0.2, 0.25) is 0 Å². The third-order valence-electron chi connectivity index (χ3n) is 4.29. The second kappa shape index (κ2) is 8.39. The van der Waals surface area contributed by atoms with E-state index in [1.54, 1.807) is 35.6 Å². The van der Waals surface area contributed by atoms with Gasteiger partial charge in [-0.15, -0.1) is 11.8 Å². The Hall–Kier alpha value is -1.93. The average Bonchev–Trinajstić information content (AvgIpc) is 3.06. The van der Waals surface area contributed by atoms with E-state index < -0.39 is 5.25 Å². The van der Waals surface area contributed by atoms with E-state index in [1.807, 2.05) is 19.1 Å². The van der Waals surface area contributed by atoms with Gasteiger partial charge in [0.25, 0.3) is 5.56 Å². The lowest BCUT2D eigenvalue weighted by Crippen LogP contribution is -2.26. The highest BCUT2D eigenvalue weighted by atomic mass is 32.2. The van der Waals surface area contributed by atoms with Crippen LogP contribution in [0, 0.1) is 0 Å². The third-order valence-corrected chi connectivity index (χ3v) is 6.80. The van der Waals surface area contributed by atoms with Crippen LogP contribution in [0.15, 0.2) is 39.1 Å². The summed E-state index contributed by atoms with van der Waals surface area (Å²) in [6, 6.07) is 7.24. The molecular weight excluding hydrogens is 384 g/mol. The summed E-state index contributed by atoms with van der Waals surface area (Å²) in [7, 11) is 2.97. The van der Waals surface area contributed by atoms with Crippen LogP contribution in [-0.4, -0.2) is 40.2 Å². The van der Waals surface area contributed by atoms with Crippen molar-refractivity contribution >= 4 is 29.5 Å². The summed E-state index contributed by atoms with van der Waals surface area (Å²) in [5, 5.41) is 0.402. The molecule has 6 nitrogen and oxygen atoms in total. The maximum atomic E-state index is 13.2. The van der Waals surface area contributed by atoms with Crippen molar-refractivity contribution in [2.75, 3.05) is 14.2 Å². The summed E-state index contributed by atoms with van der Waals surface area (Å²) in [6.45, 7) is 4.00. The SMILES string of the molecule is CCC(Sc1nc2c(c(=O)n1-c1ccc(OC)cc1)SC(C)C2)C(=O)OC. The Morgan fingerprint density at radius 3 is 2.67 bits per heavy atom. The standard InChI is InChI=1S/C19H22N2O4S2/c1-5-15(18(23)25-4)27-19-20-14-10-11(2)26-16(14)17(22)21(19)12-6-8-13(24-3)9-7-12/h6-9,11,15H,5,10H2,1-4H3. The van der Waals surface area contributed by atoms with Crippen LogP contribution in [0.5, 0.6) is 5.75 Å². The van der Waals surface area contributed by atoms with Gasteiger partial charge in [-0.2, -0.15) is 0 Å². The molecule has 0 radical (unpaired) electrons. The minimum absolute atomic E-state index is 0.0956. The number of rotatable bonds is 6. The van der Waals surface area contributed by atoms with Crippen LogP contribution in [0.3, 0.4) is 0 Å². The molecule has 0 bridgehead atoms. The van der Waals surface area contributed by atoms with Crippen LogP contribution in [0.25, 0.3) is 5.69 Å². The van der Waals surface area contributed by atoms with Crippen LogP contribution in [-0.2, 0) is 16.0 Å². The summed E-state index contributed by atoms with van der Waals surface area (Å²) in [4.78, 5) is 30.7. The highest BCUT2D eigenvalue weighted by Gasteiger charge is 2.29. The molecule has 1 aromatic carbocycles. The van der Waals surface area contributed by atoms with Crippen LogP contribution in [0.4, 0.5) is 0 Å². The minimum atomic E-state index is -0.420. The Labute approximate surface area is 166 Å². The minimum Gasteiger partial charge on any atom is -0.497 e. The lowest BCUT2D eigenvalue weighted by molar-refractivity contribution is -0.140. The number of benzene rings is 1. The lowest BCUT2D eigenvalue weighted by Gasteiger charge is -2.17. The highest BCUT2D eigenvalue weighted by Crippen LogP contribution is 2.36. The van der Waals surface area contributed by atoms with Gasteiger partial charge < -0.3 is 9.47 Å². The molecule has 0 aliphatic carbocycles. The van der Waals surface area contributed by atoms with Crippen LogP contribution < -0.4 is 10.3 Å². The molecule has 2 heterocycles. The number of carbonyl (C=O) groups is 1. The molecule has 1 aromatic heterocycles. The van der Waals surface area contributed by atoms with Crippen molar-refractivity contribution in [3.8, 4) is 11.4 Å². The molecule has 0 saturated heterocycles. The van der Waals surface area contributed by atoms with Gasteiger partial charge in [0.15, 0.2) is 5.16 Å². The summed E-state index contributed by atoms with van der Waals surface area (Å²) < 4.78 is 11.7. The van der Waals surface area contributed by atoms with Crippen molar-refractivity contribution in [2.45, 2.75) is 47.2 Å². The first-order chi connectivity index (χ1) is 13.0. The molecule has 0 saturated carbocycles. The zero-order valence-corrected chi connectivity index (χ0v) is 17.4. The molecule has 3 rings (SSSR count). The van der Waals surface area contributed by atoms with Gasteiger partial charge in [-0.05, 0) is 30.7 Å². The van der Waals surface area contributed by atoms with E-state index in [1.165, 1.54) is 18.9 Å². The molecule has 8 heteroatoms. The normalized spacial score (nSPS) is 16.7. The fourth-order valence-electron chi connectivity index (χ4n) is 2.89. The fourth-order valence-corrected chi connectivity index (χ4v) is 5.07. The zero-order chi connectivity index (χ0) is 19.6. The smallest absolute Gasteiger partial charge is 0.319 e. The fraction of sp³-hybridized carbons (Fsp3) is 0.421.